The molecular weight excluding hydrogens is 192 g/mol. The molecule has 0 unspecified atom stereocenters. The van der Waals surface area contributed by atoms with E-state index in [1.807, 2.05) is 0 Å². The molecule has 0 aromatic heterocycles. The molecule has 2 N–H and O–H groups in total. The van der Waals surface area contributed by atoms with E-state index in [0.717, 1.165) is 0 Å². The summed E-state index contributed by atoms with van der Waals surface area (Å²) in [6, 6.07) is 0. The Labute approximate surface area is 77.5 Å². The zero-order valence-electron chi connectivity index (χ0n) is 7.26. The van der Waals surface area contributed by atoms with Crippen LogP contribution >= 0.6 is 0 Å². The smallest absolute Gasteiger partial charge is 0.150 e. The molecule has 76 valence electrons. The van der Waals surface area contributed by atoms with Gasteiger partial charge in [0.05, 0.1) is 11.5 Å². The second-order valence-corrected chi connectivity index (χ2v) is 6.25. The van der Waals surface area contributed by atoms with E-state index >= 15 is 0 Å². The predicted molar refractivity (Wildman–Crippen MR) is 46.8 cm³/mol. The van der Waals surface area contributed by atoms with Crippen LogP contribution in [-0.4, -0.2) is 43.4 Å². The summed E-state index contributed by atoms with van der Waals surface area (Å²) in [6.07, 6.45) is 0. The molecule has 2 fully saturated rings. The third-order valence-corrected chi connectivity index (χ3v) is 5.30. The Balaban J connectivity index is 2.15. The average Bonchev–Trinajstić information content (AvgIpc) is 2.30. The van der Waals surface area contributed by atoms with Gasteiger partial charge in [-0.1, -0.05) is 0 Å². The molecular formula is C8H14O4S. The highest BCUT2D eigenvalue weighted by Gasteiger charge is 2.56. The first-order chi connectivity index (χ1) is 6.09. The van der Waals surface area contributed by atoms with Gasteiger partial charge in [-0.25, -0.2) is 8.42 Å². The second-order valence-electron chi connectivity index (χ2n) is 4.10. The molecule has 0 spiro atoms. The van der Waals surface area contributed by atoms with Gasteiger partial charge in [0, 0.05) is 13.2 Å². The van der Waals surface area contributed by atoms with Gasteiger partial charge < -0.3 is 10.2 Å². The molecule has 13 heavy (non-hydrogen) atoms. The van der Waals surface area contributed by atoms with Gasteiger partial charge in [-0.15, -0.1) is 0 Å². The number of aliphatic hydroxyl groups excluding tert-OH is 2. The minimum atomic E-state index is -2.89. The highest BCUT2D eigenvalue weighted by Crippen LogP contribution is 2.50. The fraction of sp³-hybridized carbons (Fsp3) is 1.00. The van der Waals surface area contributed by atoms with E-state index in [1.165, 1.54) is 0 Å². The van der Waals surface area contributed by atoms with E-state index in [9.17, 15) is 8.42 Å². The first-order valence-corrected chi connectivity index (χ1v) is 6.33. The molecule has 5 heteroatoms. The van der Waals surface area contributed by atoms with E-state index < -0.39 is 9.84 Å². The van der Waals surface area contributed by atoms with E-state index in [-0.39, 0.29) is 48.4 Å². The number of fused-ring (bicyclic) bond motifs is 1. The number of hydrogen-bond donors (Lipinski definition) is 2. The highest BCUT2D eigenvalue weighted by molar-refractivity contribution is 7.91. The van der Waals surface area contributed by atoms with Crippen molar-refractivity contribution in [3.8, 4) is 0 Å². The Kier molecular flexibility index (Phi) is 2.13. The molecule has 4 nitrogen and oxygen atoms in total. The van der Waals surface area contributed by atoms with Crippen LogP contribution < -0.4 is 0 Å². The third-order valence-electron chi connectivity index (χ3n) is 3.51. The molecule has 0 aromatic carbocycles. The average molecular weight is 206 g/mol. The molecule has 0 radical (unpaired) electrons. The van der Waals surface area contributed by atoms with Crippen molar-refractivity contribution in [3.05, 3.63) is 0 Å². The lowest BCUT2D eigenvalue weighted by atomic mass is 9.59. The van der Waals surface area contributed by atoms with Crippen molar-refractivity contribution in [2.75, 3.05) is 24.7 Å². The molecule has 0 amide bonds. The van der Waals surface area contributed by atoms with Crippen molar-refractivity contribution in [2.24, 2.45) is 23.7 Å². The summed E-state index contributed by atoms with van der Waals surface area (Å²) in [7, 11) is -2.89. The largest absolute Gasteiger partial charge is 0.396 e. The molecule has 1 saturated heterocycles. The first-order valence-electron chi connectivity index (χ1n) is 4.51. The quantitative estimate of drug-likeness (QED) is 0.600. The second kappa shape index (κ2) is 2.93. The van der Waals surface area contributed by atoms with E-state index in [0.29, 0.717) is 0 Å². The van der Waals surface area contributed by atoms with Crippen LogP contribution in [0.1, 0.15) is 0 Å². The normalized spacial score (nSPS) is 46.9. The number of sulfone groups is 1. The summed E-state index contributed by atoms with van der Waals surface area (Å²) >= 11 is 0. The van der Waals surface area contributed by atoms with Crippen molar-refractivity contribution in [1.29, 1.82) is 0 Å². The van der Waals surface area contributed by atoms with E-state index in [2.05, 4.69) is 0 Å². The van der Waals surface area contributed by atoms with Crippen molar-refractivity contribution < 1.29 is 18.6 Å². The fourth-order valence-corrected chi connectivity index (χ4v) is 5.11. The zero-order valence-corrected chi connectivity index (χ0v) is 8.07. The highest BCUT2D eigenvalue weighted by atomic mass is 32.2. The molecule has 1 saturated carbocycles. The van der Waals surface area contributed by atoms with Crippen LogP contribution in [0.3, 0.4) is 0 Å². The van der Waals surface area contributed by atoms with Crippen molar-refractivity contribution in [3.63, 3.8) is 0 Å². The summed E-state index contributed by atoms with van der Waals surface area (Å²) in [5.41, 5.74) is 0. The maximum Gasteiger partial charge on any atom is 0.150 e. The van der Waals surface area contributed by atoms with Crippen LogP contribution in [0, 0.1) is 23.7 Å². The monoisotopic (exact) mass is 206 g/mol. The Morgan fingerprint density at radius 1 is 1.00 bits per heavy atom. The molecule has 1 heterocycles. The van der Waals surface area contributed by atoms with Crippen LogP contribution in [0.2, 0.25) is 0 Å². The lowest BCUT2D eigenvalue weighted by Crippen LogP contribution is -2.49. The minimum absolute atomic E-state index is 0.00190. The predicted octanol–water partition coefficient (Wildman–Crippen LogP) is -1.12. The molecule has 0 aromatic rings. The Hall–Kier alpha value is -0.130. The standard InChI is InChI=1S/C8H14O4S/c9-1-5-6(2-10)8-4-13(11,12)3-7(5)8/h5-10H,1-4H2/t5-,6+,7-,8-/m0/s1. The van der Waals surface area contributed by atoms with Gasteiger partial charge in [0.2, 0.25) is 0 Å². The number of aliphatic hydroxyl groups is 2. The van der Waals surface area contributed by atoms with E-state index in [4.69, 9.17) is 10.2 Å². The lowest BCUT2D eigenvalue weighted by molar-refractivity contribution is -0.0516. The maximum atomic E-state index is 11.3. The topological polar surface area (TPSA) is 74.6 Å². The van der Waals surface area contributed by atoms with Gasteiger partial charge in [-0.05, 0) is 23.7 Å². The fourth-order valence-electron chi connectivity index (χ4n) is 2.81. The van der Waals surface area contributed by atoms with Crippen LogP contribution in [0.25, 0.3) is 0 Å². The lowest BCUT2D eigenvalue weighted by Gasteiger charge is -2.46. The van der Waals surface area contributed by atoms with Crippen LogP contribution in [0.15, 0.2) is 0 Å². The summed E-state index contributed by atoms with van der Waals surface area (Å²) in [4.78, 5) is 0. The van der Waals surface area contributed by atoms with Crippen LogP contribution in [0.4, 0.5) is 0 Å². The summed E-state index contributed by atoms with van der Waals surface area (Å²) in [5, 5.41) is 18.0. The van der Waals surface area contributed by atoms with Gasteiger partial charge in [0.25, 0.3) is 0 Å². The Bertz CT molecular complexity index is 273. The third kappa shape index (κ3) is 1.30. The number of rotatable bonds is 2. The summed E-state index contributed by atoms with van der Waals surface area (Å²) in [6.45, 7) is 0.00380. The number of hydrogen-bond acceptors (Lipinski definition) is 4. The zero-order chi connectivity index (χ0) is 9.64. The van der Waals surface area contributed by atoms with Gasteiger partial charge in [-0.3, -0.25) is 0 Å². The Morgan fingerprint density at radius 3 is 1.69 bits per heavy atom. The maximum absolute atomic E-state index is 11.3. The summed E-state index contributed by atoms with van der Waals surface area (Å²) in [5.74, 6) is 0.637. The molecule has 1 aliphatic heterocycles. The van der Waals surface area contributed by atoms with Crippen molar-refractivity contribution in [1.82, 2.24) is 0 Å². The SMILES string of the molecule is O=S1(=O)C[C@H]2[C@H](CO)[C@H](CO)[C@@H]2C1. The van der Waals surface area contributed by atoms with Crippen molar-refractivity contribution in [2.45, 2.75) is 0 Å². The molecule has 0 bridgehead atoms. The van der Waals surface area contributed by atoms with Gasteiger partial charge in [-0.2, -0.15) is 0 Å². The van der Waals surface area contributed by atoms with Gasteiger partial charge in [0.1, 0.15) is 0 Å². The molecule has 1 aliphatic carbocycles. The first kappa shape index (κ1) is 9.43. The Morgan fingerprint density at radius 2 is 1.38 bits per heavy atom. The minimum Gasteiger partial charge on any atom is -0.396 e. The molecule has 2 rings (SSSR count). The molecule has 2 aliphatic rings. The van der Waals surface area contributed by atoms with Crippen LogP contribution in [-0.2, 0) is 9.84 Å². The van der Waals surface area contributed by atoms with Gasteiger partial charge in [0.15, 0.2) is 9.84 Å². The van der Waals surface area contributed by atoms with Crippen molar-refractivity contribution >= 4 is 9.84 Å². The van der Waals surface area contributed by atoms with Gasteiger partial charge >= 0.3 is 0 Å². The van der Waals surface area contributed by atoms with E-state index in [1.54, 1.807) is 0 Å². The molecule has 4 atom stereocenters. The van der Waals surface area contributed by atoms with Crippen LogP contribution in [0.5, 0.6) is 0 Å². The summed E-state index contributed by atoms with van der Waals surface area (Å²) < 4.78 is 22.5.